The number of nitrogens with zero attached hydrogens (tertiary/aromatic N) is 1. The van der Waals surface area contributed by atoms with Crippen LogP contribution < -0.4 is 0 Å². The first-order chi connectivity index (χ1) is 8.01. The van der Waals surface area contributed by atoms with Gasteiger partial charge in [-0.25, -0.2) is 12.8 Å². The third-order valence-corrected chi connectivity index (χ3v) is 5.40. The van der Waals surface area contributed by atoms with Gasteiger partial charge in [0.15, 0.2) is 9.84 Å². The quantitative estimate of drug-likeness (QED) is 0.826. The minimum absolute atomic E-state index is 0.0353. The van der Waals surface area contributed by atoms with E-state index in [1.54, 1.807) is 19.1 Å². The number of hydrogen-bond donors (Lipinski definition) is 0. The molecule has 5 heteroatoms. The molecule has 1 saturated carbocycles. The summed E-state index contributed by atoms with van der Waals surface area (Å²) in [6.45, 7) is 1.57. The number of halogens is 1. The molecule has 3 atom stereocenters. The maximum atomic E-state index is 12.8. The van der Waals surface area contributed by atoms with Gasteiger partial charge in [0, 0.05) is 11.7 Å². The maximum absolute atomic E-state index is 12.8. The summed E-state index contributed by atoms with van der Waals surface area (Å²) in [4.78, 5) is 0. The summed E-state index contributed by atoms with van der Waals surface area (Å²) in [5, 5.41) is 8.31. The van der Waals surface area contributed by atoms with Crippen LogP contribution in [0.3, 0.4) is 0 Å². The smallest absolute Gasteiger partial charge is 0.154 e. The summed E-state index contributed by atoms with van der Waals surface area (Å²) < 4.78 is 36.3. The molecule has 17 heavy (non-hydrogen) atoms. The van der Waals surface area contributed by atoms with Crippen molar-refractivity contribution in [2.24, 2.45) is 5.92 Å². The molecule has 90 valence electrons. The predicted octanol–water partition coefficient (Wildman–Crippen LogP) is 1.87. The minimum Gasteiger partial charge on any atom is -0.228 e. The van der Waals surface area contributed by atoms with Crippen molar-refractivity contribution in [1.82, 2.24) is 0 Å². The van der Waals surface area contributed by atoms with Crippen LogP contribution >= 0.6 is 0 Å². The third-order valence-electron chi connectivity index (χ3n) is 3.17. The second kappa shape index (κ2) is 4.11. The van der Waals surface area contributed by atoms with E-state index in [-0.39, 0.29) is 17.5 Å². The highest BCUT2D eigenvalue weighted by molar-refractivity contribution is 7.92. The predicted molar refractivity (Wildman–Crippen MR) is 61.5 cm³/mol. The second-order valence-electron chi connectivity index (χ2n) is 4.15. The molecule has 0 saturated heterocycles. The highest BCUT2D eigenvalue weighted by atomic mass is 32.2. The lowest BCUT2D eigenvalue weighted by atomic mass is 10.1. The van der Waals surface area contributed by atoms with Gasteiger partial charge >= 0.3 is 0 Å². The van der Waals surface area contributed by atoms with Crippen molar-refractivity contribution >= 4 is 9.84 Å². The Labute approximate surface area is 99.8 Å². The van der Waals surface area contributed by atoms with Gasteiger partial charge in [-0.1, -0.05) is 19.1 Å². The number of sulfone groups is 1. The lowest BCUT2D eigenvalue weighted by molar-refractivity contribution is 0.594. The van der Waals surface area contributed by atoms with Gasteiger partial charge in [-0.05, 0) is 17.7 Å². The summed E-state index contributed by atoms with van der Waals surface area (Å²) >= 11 is 0. The van der Waals surface area contributed by atoms with E-state index in [9.17, 15) is 12.8 Å². The monoisotopic (exact) mass is 253 g/mol. The second-order valence-corrected chi connectivity index (χ2v) is 6.60. The van der Waals surface area contributed by atoms with E-state index in [1.165, 1.54) is 12.1 Å². The van der Waals surface area contributed by atoms with Crippen molar-refractivity contribution in [1.29, 1.82) is 5.26 Å². The molecule has 0 amide bonds. The Morgan fingerprint density at radius 1 is 1.35 bits per heavy atom. The first-order valence-corrected chi connectivity index (χ1v) is 7.09. The molecule has 0 N–H and O–H groups in total. The van der Waals surface area contributed by atoms with Gasteiger partial charge in [-0.2, -0.15) is 5.26 Å². The highest BCUT2D eigenvalue weighted by Gasteiger charge is 2.58. The van der Waals surface area contributed by atoms with E-state index in [4.69, 9.17) is 5.26 Å². The SMILES string of the molecule is CCS(=O)(=O)[C@H]1[C@H](C#N)[C@@H]1c1ccc(F)cc1. The molecule has 0 radical (unpaired) electrons. The van der Waals surface area contributed by atoms with Gasteiger partial charge in [-0.3, -0.25) is 0 Å². The molecule has 2 rings (SSSR count). The molecule has 1 fully saturated rings. The van der Waals surface area contributed by atoms with E-state index < -0.39 is 21.0 Å². The summed E-state index contributed by atoms with van der Waals surface area (Å²) in [5.74, 6) is -1.12. The molecule has 0 aliphatic heterocycles. The molecule has 0 spiro atoms. The number of hydrogen-bond acceptors (Lipinski definition) is 3. The molecule has 1 aromatic rings. The van der Waals surface area contributed by atoms with E-state index in [1.807, 2.05) is 6.07 Å². The van der Waals surface area contributed by atoms with Crippen molar-refractivity contribution in [3.8, 4) is 6.07 Å². The molecular formula is C12H12FNO2S. The fraction of sp³-hybridized carbons (Fsp3) is 0.417. The van der Waals surface area contributed by atoms with E-state index >= 15 is 0 Å². The molecular weight excluding hydrogens is 241 g/mol. The first-order valence-electron chi connectivity index (χ1n) is 5.38. The molecule has 1 aromatic carbocycles. The normalized spacial score (nSPS) is 27.5. The standard InChI is InChI=1S/C12H12FNO2S/c1-2-17(15,16)12-10(7-14)11(12)8-3-5-9(13)6-4-8/h3-6,10-12H,2H2,1H3/t10-,11+,12+/m1/s1. The Bertz CT molecular complexity index is 559. The van der Waals surface area contributed by atoms with Crippen LogP contribution in [-0.4, -0.2) is 19.4 Å². The van der Waals surface area contributed by atoms with Crippen molar-refractivity contribution < 1.29 is 12.8 Å². The van der Waals surface area contributed by atoms with Gasteiger partial charge in [0.1, 0.15) is 5.82 Å². The molecule has 0 aromatic heterocycles. The Hall–Kier alpha value is -1.41. The van der Waals surface area contributed by atoms with E-state index in [0.29, 0.717) is 0 Å². The van der Waals surface area contributed by atoms with Gasteiger partial charge in [0.25, 0.3) is 0 Å². The maximum Gasteiger partial charge on any atom is 0.154 e. The van der Waals surface area contributed by atoms with Crippen molar-refractivity contribution in [2.75, 3.05) is 5.75 Å². The summed E-state index contributed by atoms with van der Waals surface area (Å²) in [5.41, 5.74) is 0.722. The molecule has 0 heterocycles. The highest BCUT2D eigenvalue weighted by Crippen LogP contribution is 2.52. The van der Waals surface area contributed by atoms with Crippen molar-refractivity contribution in [3.63, 3.8) is 0 Å². The van der Waals surface area contributed by atoms with Crippen LogP contribution in [0.1, 0.15) is 18.4 Å². The summed E-state index contributed by atoms with van der Waals surface area (Å²) in [7, 11) is -3.21. The van der Waals surface area contributed by atoms with Crippen molar-refractivity contribution in [3.05, 3.63) is 35.6 Å². The first kappa shape index (κ1) is 12.1. The summed E-state index contributed by atoms with van der Waals surface area (Å²) in [6, 6.07) is 7.70. The summed E-state index contributed by atoms with van der Waals surface area (Å²) in [6.07, 6.45) is 0. The third kappa shape index (κ3) is 2.05. The van der Waals surface area contributed by atoms with E-state index in [0.717, 1.165) is 5.56 Å². The Balaban J connectivity index is 2.30. The lowest BCUT2D eigenvalue weighted by Gasteiger charge is -2.00. The van der Waals surface area contributed by atoms with Crippen LogP contribution in [0.5, 0.6) is 0 Å². The Morgan fingerprint density at radius 2 is 1.94 bits per heavy atom. The van der Waals surface area contributed by atoms with Gasteiger partial charge in [-0.15, -0.1) is 0 Å². The fourth-order valence-electron chi connectivity index (χ4n) is 2.16. The van der Waals surface area contributed by atoms with Crippen LogP contribution in [0, 0.1) is 23.1 Å². The van der Waals surface area contributed by atoms with Gasteiger partial charge in [0.2, 0.25) is 0 Å². The van der Waals surface area contributed by atoms with Crippen LogP contribution in [0.4, 0.5) is 4.39 Å². The van der Waals surface area contributed by atoms with Crippen molar-refractivity contribution in [2.45, 2.75) is 18.1 Å². The van der Waals surface area contributed by atoms with Crippen LogP contribution in [0.15, 0.2) is 24.3 Å². The van der Waals surface area contributed by atoms with Crippen LogP contribution in [0.2, 0.25) is 0 Å². The van der Waals surface area contributed by atoms with Gasteiger partial charge < -0.3 is 0 Å². The average molecular weight is 253 g/mol. The fourth-order valence-corrected chi connectivity index (χ4v) is 3.90. The average Bonchev–Trinajstić information content (AvgIpc) is 3.05. The largest absolute Gasteiger partial charge is 0.228 e. The molecule has 1 aliphatic carbocycles. The van der Waals surface area contributed by atoms with Gasteiger partial charge in [0.05, 0.1) is 17.2 Å². The lowest BCUT2D eigenvalue weighted by Crippen LogP contribution is -2.12. The minimum atomic E-state index is -3.21. The topological polar surface area (TPSA) is 57.9 Å². The molecule has 3 nitrogen and oxygen atoms in total. The van der Waals surface area contributed by atoms with Crippen LogP contribution in [0.25, 0.3) is 0 Å². The molecule has 0 unspecified atom stereocenters. The number of rotatable bonds is 3. The zero-order valence-corrected chi connectivity index (χ0v) is 10.1. The van der Waals surface area contributed by atoms with E-state index in [2.05, 4.69) is 0 Å². The van der Waals surface area contributed by atoms with Crippen LogP contribution in [-0.2, 0) is 9.84 Å². The molecule has 0 bridgehead atoms. The zero-order chi connectivity index (χ0) is 12.6. The molecule has 1 aliphatic rings. The number of benzene rings is 1. The zero-order valence-electron chi connectivity index (χ0n) is 9.30. The Morgan fingerprint density at radius 3 is 2.41 bits per heavy atom. The Kier molecular flexibility index (Phi) is 2.92. The number of nitriles is 1.